The lowest BCUT2D eigenvalue weighted by molar-refractivity contribution is -0.143. The second-order valence-electron chi connectivity index (χ2n) is 28.1. The number of rotatable bonds is 26. The molecule has 4 aliphatic rings. The van der Waals surface area contributed by atoms with E-state index < -0.39 is 17.9 Å². The van der Waals surface area contributed by atoms with Crippen LogP contribution in [0.1, 0.15) is 148 Å². The highest BCUT2D eigenvalue weighted by Crippen LogP contribution is 2.43. The number of methoxy groups -OCH3 is 1. The Morgan fingerprint density at radius 3 is 0.904 bits per heavy atom. The Labute approximate surface area is 694 Å². The first-order chi connectivity index (χ1) is 55.4. The van der Waals surface area contributed by atoms with Crippen LogP contribution in [0.4, 0.5) is 0 Å². The average molecular weight is 1630 g/mol. The fourth-order valence-electron chi connectivity index (χ4n) is 14.1. The highest BCUT2D eigenvalue weighted by molar-refractivity contribution is 6.31. The maximum absolute atomic E-state index is 13.1. The lowest BCUT2D eigenvalue weighted by Crippen LogP contribution is -2.40. The SMILES string of the molecule is C=C(C)CN1C(=O)CC(c2ccc(Cl)cc2)C(C(=O)OCc2ccccc2)=C1C.C=CCN1C(=O)CC(c2ccc(Cl)cc2)C(C(=O)OCc2ccccc2)=C1C.CCCCN1C(=O)CC(c2ccc(Cl)cc2)C(C(=O)OCc2ccccc2)=C1C.COCCN1C(=O)CC(c2ccc(Cl)cc2)C(C(=O)OCc2ccccc2)=C1C. The van der Waals surface area contributed by atoms with Gasteiger partial charge in [-0.3, -0.25) is 19.2 Å². The molecule has 0 saturated heterocycles. The molecule has 598 valence electrons. The standard InChI is InChI=1S/C24H24ClNO3.C24H26ClNO3.C23H24ClNO4.C23H22ClNO3/c1-16(2)14-26-17(3)23(24(28)29-15-18-7-5-4-6-8-18)21(13-22(26)27)19-9-11-20(25)12-10-19;1-3-4-14-26-17(2)23(24(28)29-16-18-8-6-5-7-9-18)21(15-22(26)27)19-10-12-20(25)13-11-19;1-16-22(23(27)29-15-17-6-4-3-5-7-17)20(18-8-10-19(24)11-9-18)14-21(26)25(16)12-13-28-2;1-3-13-25-16(2)22(23(27)28-15-17-7-5-4-6-8-17)20(14-21(25)26)18-9-11-19(24)12-10-18/h4-12,21H,1,13-15H2,2-3H3;5-13,21H,3-4,14-16H2,1-2H3;3-11,20H,12-15H2,1-2H3;3-12,20H,1,13-15H2,2H3. The topological polar surface area (TPSA) is 196 Å². The molecular formula is C94H96Cl4N4O13. The van der Waals surface area contributed by atoms with Crippen molar-refractivity contribution in [3.05, 3.63) is 353 Å². The molecule has 8 aromatic rings. The molecule has 0 aromatic heterocycles. The molecule has 0 aliphatic carbocycles. The summed E-state index contributed by atoms with van der Waals surface area (Å²) >= 11 is 24.1. The number of carbonyl (C=O) groups excluding carboxylic acids is 8. The van der Waals surface area contributed by atoms with Gasteiger partial charge in [0.25, 0.3) is 0 Å². The van der Waals surface area contributed by atoms with Crippen molar-refractivity contribution in [3.63, 3.8) is 0 Å². The van der Waals surface area contributed by atoms with Crippen molar-refractivity contribution in [1.82, 2.24) is 19.6 Å². The summed E-state index contributed by atoms with van der Waals surface area (Å²) in [7, 11) is 1.58. The highest BCUT2D eigenvalue weighted by Gasteiger charge is 2.41. The van der Waals surface area contributed by atoms with Gasteiger partial charge in [-0.2, -0.15) is 0 Å². The number of benzene rings is 8. The molecule has 21 heteroatoms. The van der Waals surface area contributed by atoms with E-state index in [0.29, 0.717) is 98.0 Å². The van der Waals surface area contributed by atoms with Gasteiger partial charge in [0, 0.05) is 126 Å². The summed E-state index contributed by atoms with van der Waals surface area (Å²) in [6, 6.07) is 67.2. The number of unbranched alkanes of at least 4 members (excludes halogenated alkanes) is 1. The smallest absolute Gasteiger partial charge is 0.336 e. The van der Waals surface area contributed by atoms with Gasteiger partial charge in [0.05, 0.1) is 28.9 Å². The van der Waals surface area contributed by atoms with Crippen molar-refractivity contribution in [3.8, 4) is 0 Å². The minimum Gasteiger partial charge on any atom is -0.457 e. The number of esters is 4. The Kier molecular flexibility index (Phi) is 33.3. The molecule has 4 unspecified atom stereocenters. The van der Waals surface area contributed by atoms with Gasteiger partial charge >= 0.3 is 23.9 Å². The molecule has 8 aromatic carbocycles. The predicted octanol–water partition coefficient (Wildman–Crippen LogP) is 19.9. The highest BCUT2D eigenvalue weighted by atomic mass is 35.5. The summed E-state index contributed by atoms with van der Waals surface area (Å²) in [5, 5.41) is 2.43. The molecule has 115 heavy (non-hydrogen) atoms. The Bertz CT molecular complexity index is 4710. The van der Waals surface area contributed by atoms with Crippen LogP contribution in [0.15, 0.2) is 288 Å². The van der Waals surface area contributed by atoms with E-state index in [1.165, 1.54) is 0 Å². The van der Waals surface area contributed by atoms with Gasteiger partial charge < -0.3 is 43.3 Å². The summed E-state index contributed by atoms with van der Waals surface area (Å²) in [4.78, 5) is 110. The van der Waals surface area contributed by atoms with Crippen LogP contribution in [0, 0.1) is 0 Å². The molecule has 0 radical (unpaired) electrons. The zero-order valence-corrected chi connectivity index (χ0v) is 68.8. The van der Waals surface area contributed by atoms with Gasteiger partial charge in [0.1, 0.15) is 26.4 Å². The van der Waals surface area contributed by atoms with E-state index in [1.807, 2.05) is 184 Å². The zero-order chi connectivity index (χ0) is 82.7. The summed E-state index contributed by atoms with van der Waals surface area (Å²) in [6.07, 6.45) is 4.35. The largest absolute Gasteiger partial charge is 0.457 e. The Balaban J connectivity index is 0.000000175. The number of hydrogen-bond donors (Lipinski definition) is 0. The molecule has 0 spiro atoms. The van der Waals surface area contributed by atoms with Crippen LogP contribution >= 0.6 is 46.4 Å². The molecule has 0 bridgehead atoms. The van der Waals surface area contributed by atoms with Gasteiger partial charge in [-0.1, -0.05) is 248 Å². The van der Waals surface area contributed by atoms with Crippen LogP contribution in [0.3, 0.4) is 0 Å². The third-order valence-corrected chi connectivity index (χ3v) is 21.1. The molecule has 4 heterocycles. The van der Waals surface area contributed by atoms with Crippen LogP contribution < -0.4 is 0 Å². The summed E-state index contributed by atoms with van der Waals surface area (Å²) < 4.78 is 27.6. The molecule has 4 amide bonds. The fraction of sp³-hybridized carbons (Fsp3) is 0.277. The normalized spacial score (nSPS) is 16.8. The number of hydrogen-bond acceptors (Lipinski definition) is 13. The maximum Gasteiger partial charge on any atom is 0.336 e. The minimum atomic E-state index is -0.416. The second-order valence-corrected chi connectivity index (χ2v) is 29.9. The van der Waals surface area contributed by atoms with Crippen LogP contribution in [0.5, 0.6) is 0 Å². The first-order valence-electron chi connectivity index (χ1n) is 38.0. The van der Waals surface area contributed by atoms with Crippen molar-refractivity contribution in [2.24, 2.45) is 0 Å². The number of amides is 4. The molecule has 4 aliphatic heterocycles. The Morgan fingerprint density at radius 2 is 0.643 bits per heavy atom. The number of ether oxygens (including phenoxy) is 5. The van der Waals surface area contributed by atoms with Gasteiger partial charge in [0.15, 0.2) is 0 Å². The van der Waals surface area contributed by atoms with E-state index >= 15 is 0 Å². The average Bonchev–Trinajstić information content (AvgIpc) is 0.798. The van der Waals surface area contributed by atoms with Gasteiger partial charge in [-0.05, 0) is 134 Å². The van der Waals surface area contributed by atoms with Crippen molar-refractivity contribution < 1.29 is 62.0 Å². The monoisotopic (exact) mass is 1630 g/mol. The molecule has 0 fully saturated rings. The Hall–Kier alpha value is -10.9. The molecule has 17 nitrogen and oxygen atoms in total. The first kappa shape index (κ1) is 88.0. The first-order valence-corrected chi connectivity index (χ1v) is 39.6. The molecular weight excluding hydrogens is 1530 g/mol. The molecule has 0 N–H and O–H groups in total. The van der Waals surface area contributed by atoms with Crippen molar-refractivity contribution in [1.29, 1.82) is 0 Å². The maximum atomic E-state index is 13.1. The third kappa shape index (κ3) is 24.3. The van der Waals surface area contributed by atoms with E-state index in [2.05, 4.69) is 20.1 Å². The van der Waals surface area contributed by atoms with E-state index in [9.17, 15) is 38.4 Å². The molecule has 0 saturated carbocycles. The van der Waals surface area contributed by atoms with Crippen LogP contribution in [-0.2, 0) is 88.5 Å². The van der Waals surface area contributed by atoms with Crippen LogP contribution in [0.25, 0.3) is 0 Å². The van der Waals surface area contributed by atoms with Crippen LogP contribution in [0.2, 0.25) is 20.1 Å². The second kappa shape index (κ2) is 43.5. The van der Waals surface area contributed by atoms with Crippen molar-refractivity contribution in [2.75, 3.05) is 39.9 Å². The quantitative estimate of drug-likeness (QED) is 0.0282. The van der Waals surface area contributed by atoms with E-state index in [4.69, 9.17) is 70.1 Å². The summed E-state index contributed by atoms with van der Waals surface area (Å²) in [6.45, 7) is 21.6. The third-order valence-electron chi connectivity index (χ3n) is 20.1. The minimum absolute atomic E-state index is 0.0370. The van der Waals surface area contributed by atoms with Crippen LogP contribution in [-0.4, -0.2) is 107 Å². The van der Waals surface area contributed by atoms with Crippen molar-refractivity contribution >= 4 is 93.9 Å². The number of halogens is 4. The van der Waals surface area contributed by atoms with Crippen molar-refractivity contribution in [2.45, 2.75) is 130 Å². The summed E-state index contributed by atoms with van der Waals surface area (Å²) in [5.41, 5.74) is 12.6. The lowest BCUT2D eigenvalue weighted by Gasteiger charge is -2.34. The van der Waals surface area contributed by atoms with E-state index in [0.717, 1.165) is 62.9 Å². The zero-order valence-electron chi connectivity index (χ0n) is 65.8. The predicted molar refractivity (Wildman–Crippen MR) is 450 cm³/mol. The number of carbonyl (C=O) groups is 8. The summed E-state index contributed by atoms with van der Waals surface area (Å²) in [5.74, 6) is -3.15. The number of allylic oxidation sites excluding steroid dienone is 4. The molecule has 4 atom stereocenters. The number of nitrogens with zero attached hydrogens (tertiary/aromatic N) is 4. The van der Waals surface area contributed by atoms with Gasteiger partial charge in [0.2, 0.25) is 23.6 Å². The van der Waals surface area contributed by atoms with E-state index in [1.54, 1.807) is 102 Å². The molecule has 12 rings (SSSR count). The Morgan fingerprint density at radius 1 is 0.391 bits per heavy atom. The fourth-order valence-corrected chi connectivity index (χ4v) is 14.6. The van der Waals surface area contributed by atoms with Gasteiger partial charge in [-0.15, -0.1) is 6.58 Å². The lowest BCUT2D eigenvalue weighted by atomic mass is 9.83. The van der Waals surface area contributed by atoms with E-state index in [-0.39, 0.29) is 105 Å². The van der Waals surface area contributed by atoms with Gasteiger partial charge in [-0.25, -0.2) is 19.2 Å².